The van der Waals surface area contributed by atoms with Crippen molar-refractivity contribution in [2.24, 2.45) is 0 Å². The van der Waals surface area contributed by atoms with Gasteiger partial charge in [-0.15, -0.1) is 0 Å². The molecule has 1 atom stereocenters. The Bertz CT molecular complexity index is 818. The van der Waals surface area contributed by atoms with Crippen molar-refractivity contribution in [1.29, 1.82) is 0 Å². The van der Waals surface area contributed by atoms with E-state index in [1.54, 1.807) is 31.2 Å². The zero-order valence-corrected chi connectivity index (χ0v) is 16.4. The fraction of sp³-hybridized carbons (Fsp3) is 0.333. The Labute approximate surface area is 166 Å². The summed E-state index contributed by atoms with van der Waals surface area (Å²) in [6.07, 6.45) is 1.18. The van der Waals surface area contributed by atoms with Gasteiger partial charge in [0.05, 0.1) is 18.8 Å². The van der Waals surface area contributed by atoms with E-state index in [9.17, 15) is 9.59 Å². The molecule has 2 aromatic carbocycles. The van der Waals surface area contributed by atoms with Crippen molar-refractivity contribution in [3.05, 3.63) is 71.8 Å². The van der Waals surface area contributed by atoms with Crippen LogP contribution in [0.1, 0.15) is 49.0 Å². The number of ketones is 1. The van der Waals surface area contributed by atoms with Crippen LogP contribution in [0.25, 0.3) is 0 Å². The fourth-order valence-electron chi connectivity index (χ4n) is 2.53. The number of benzene rings is 2. The first-order chi connectivity index (χ1) is 13.5. The van der Waals surface area contributed by atoms with Crippen LogP contribution in [0, 0.1) is 11.8 Å². The number of rotatable bonds is 9. The maximum Gasteiger partial charge on any atom is 0.339 e. The minimum Gasteiger partial charge on any atom is -0.443 e. The van der Waals surface area contributed by atoms with Gasteiger partial charge in [0, 0.05) is 19.3 Å². The third kappa shape index (κ3) is 7.77. The first-order valence-electron chi connectivity index (χ1n) is 9.38. The van der Waals surface area contributed by atoms with E-state index in [4.69, 9.17) is 9.47 Å². The Kier molecular flexibility index (Phi) is 8.45. The molecular formula is C24H26O4. The lowest BCUT2D eigenvalue weighted by atomic mass is 9.98. The van der Waals surface area contributed by atoms with Gasteiger partial charge >= 0.3 is 5.97 Å². The number of hydrogen-bond acceptors (Lipinski definition) is 4. The van der Waals surface area contributed by atoms with Gasteiger partial charge in [-0.05, 0) is 31.5 Å². The highest BCUT2D eigenvalue weighted by atomic mass is 16.6. The number of Topliss-reactive ketones (excluding diaryl/α,β-unsaturated/α-hetero) is 1. The second-order valence-electron chi connectivity index (χ2n) is 6.78. The molecule has 0 radical (unpaired) electrons. The Morgan fingerprint density at radius 1 is 1.00 bits per heavy atom. The number of ether oxygens (including phenoxy) is 2. The number of carbonyl (C=O) groups is 2. The largest absolute Gasteiger partial charge is 0.443 e. The number of esters is 1. The zero-order chi connectivity index (χ0) is 20.2. The van der Waals surface area contributed by atoms with E-state index in [-0.39, 0.29) is 5.78 Å². The van der Waals surface area contributed by atoms with Crippen LogP contribution in [0.15, 0.2) is 60.7 Å². The molecule has 0 amide bonds. The quantitative estimate of drug-likeness (QED) is 0.364. The van der Waals surface area contributed by atoms with Gasteiger partial charge in [0.15, 0.2) is 5.60 Å². The molecule has 0 saturated heterocycles. The molecule has 0 aliphatic carbocycles. The van der Waals surface area contributed by atoms with E-state index in [1.165, 1.54) is 6.92 Å². The molecule has 0 N–H and O–H groups in total. The Morgan fingerprint density at radius 2 is 1.64 bits per heavy atom. The summed E-state index contributed by atoms with van der Waals surface area (Å²) in [6.45, 7) is 4.28. The van der Waals surface area contributed by atoms with Gasteiger partial charge in [-0.1, -0.05) is 60.4 Å². The summed E-state index contributed by atoms with van der Waals surface area (Å²) in [7, 11) is 0. The fourth-order valence-corrected chi connectivity index (χ4v) is 2.53. The molecule has 0 aromatic heterocycles. The topological polar surface area (TPSA) is 52.6 Å². The van der Waals surface area contributed by atoms with E-state index in [2.05, 4.69) is 11.8 Å². The lowest BCUT2D eigenvalue weighted by molar-refractivity contribution is -0.117. The summed E-state index contributed by atoms with van der Waals surface area (Å²) < 4.78 is 11.3. The van der Waals surface area contributed by atoms with Crippen LogP contribution in [-0.4, -0.2) is 24.0 Å². The van der Waals surface area contributed by atoms with Crippen LogP contribution in [0.5, 0.6) is 0 Å². The third-order valence-corrected chi connectivity index (χ3v) is 4.12. The van der Waals surface area contributed by atoms with Crippen molar-refractivity contribution >= 4 is 11.8 Å². The molecule has 0 aliphatic heterocycles. The highest BCUT2D eigenvalue weighted by Gasteiger charge is 2.27. The molecule has 4 heteroatoms. The van der Waals surface area contributed by atoms with Crippen molar-refractivity contribution in [1.82, 2.24) is 0 Å². The second-order valence-corrected chi connectivity index (χ2v) is 6.78. The van der Waals surface area contributed by atoms with Crippen molar-refractivity contribution in [3.8, 4) is 11.8 Å². The summed E-state index contributed by atoms with van der Waals surface area (Å²) in [5, 5.41) is 0. The van der Waals surface area contributed by atoms with Crippen LogP contribution in [0.4, 0.5) is 0 Å². The molecule has 2 aromatic rings. The van der Waals surface area contributed by atoms with Gasteiger partial charge in [-0.2, -0.15) is 0 Å². The standard InChI is InChI=1S/C24H26O4/c1-20(25)15-17-24(2,28-23(26)22-13-7-4-8-14-22)16-9-10-18-27-19-21-11-5-3-6-12-21/h3-8,11-14H,10,15,17-19H2,1-2H3. The summed E-state index contributed by atoms with van der Waals surface area (Å²) in [5.41, 5.74) is 0.556. The molecule has 0 fully saturated rings. The Balaban J connectivity index is 1.91. The van der Waals surface area contributed by atoms with Crippen LogP contribution in [0.3, 0.4) is 0 Å². The van der Waals surface area contributed by atoms with E-state index in [1.807, 2.05) is 36.4 Å². The monoisotopic (exact) mass is 378 g/mol. The minimum atomic E-state index is -1.02. The molecule has 146 valence electrons. The van der Waals surface area contributed by atoms with Gasteiger partial charge in [0.2, 0.25) is 0 Å². The van der Waals surface area contributed by atoms with Crippen molar-refractivity contribution in [3.63, 3.8) is 0 Å². The van der Waals surface area contributed by atoms with E-state index in [0.29, 0.717) is 38.0 Å². The van der Waals surface area contributed by atoms with Crippen molar-refractivity contribution in [2.75, 3.05) is 6.61 Å². The lowest BCUT2D eigenvalue weighted by Crippen LogP contribution is -2.31. The number of carbonyl (C=O) groups excluding carboxylic acids is 2. The molecule has 2 rings (SSSR count). The Hall–Kier alpha value is -2.90. The van der Waals surface area contributed by atoms with Crippen LogP contribution >= 0.6 is 0 Å². The molecule has 0 saturated carbocycles. The smallest absolute Gasteiger partial charge is 0.339 e. The summed E-state index contributed by atoms with van der Waals surface area (Å²) >= 11 is 0. The Morgan fingerprint density at radius 3 is 2.29 bits per heavy atom. The van der Waals surface area contributed by atoms with Crippen LogP contribution < -0.4 is 0 Å². The molecular weight excluding hydrogens is 352 g/mol. The SMILES string of the molecule is CC(=O)CCC(C)(C#CCCOCc1ccccc1)OC(=O)c1ccccc1. The van der Waals surface area contributed by atoms with Gasteiger partial charge < -0.3 is 14.3 Å². The highest BCUT2D eigenvalue weighted by molar-refractivity contribution is 5.89. The first kappa shape index (κ1) is 21.4. The lowest BCUT2D eigenvalue weighted by Gasteiger charge is -2.24. The molecule has 0 aliphatic rings. The van der Waals surface area contributed by atoms with Gasteiger partial charge in [0.1, 0.15) is 5.78 Å². The molecule has 1 unspecified atom stereocenters. The van der Waals surface area contributed by atoms with E-state index >= 15 is 0 Å². The second kappa shape index (κ2) is 11.1. The highest BCUT2D eigenvalue weighted by Crippen LogP contribution is 2.20. The predicted octanol–water partition coefficient (Wildman–Crippen LogP) is 4.58. The maximum atomic E-state index is 12.4. The van der Waals surface area contributed by atoms with Crippen LogP contribution in [-0.2, 0) is 20.9 Å². The predicted molar refractivity (Wildman–Crippen MR) is 109 cm³/mol. The van der Waals surface area contributed by atoms with Crippen LogP contribution in [0.2, 0.25) is 0 Å². The van der Waals surface area contributed by atoms with Crippen molar-refractivity contribution < 1.29 is 19.1 Å². The van der Waals surface area contributed by atoms with Crippen molar-refractivity contribution in [2.45, 2.75) is 45.3 Å². The number of hydrogen-bond donors (Lipinski definition) is 0. The molecule has 0 spiro atoms. The zero-order valence-electron chi connectivity index (χ0n) is 16.4. The minimum absolute atomic E-state index is 0.0370. The molecule has 0 heterocycles. The summed E-state index contributed by atoms with van der Waals surface area (Å²) in [5.74, 6) is 5.65. The van der Waals surface area contributed by atoms with Gasteiger partial charge in [-0.3, -0.25) is 0 Å². The van der Waals surface area contributed by atoms with E-state index < -0.39 is 11.6 Å². The average molecular weight is 378 g/mol. The van der Waals surface area contributed by atoms with Gasteiger partial charge in [0.25, 0.3) is 0 Å². The molecule has 28 heavy (non-hydrogen) atoms. The third-order valence-electron chi connectivity index (χ3n) is 4.12. The normalized spacial score (nSPS) is 12.4. The summed E-state index contributed by atoms with van der Waals surface area (Å²) in [4.78, 5) is 23.8. The summed E-state index contributed by atoms with van der Waals surface area (Å²) in [6, 6.07) is 18.7. The van der Waals surface area contributed by atoms with E-state index in [0.717, 1.165) is 5.56 Å². The molecule has 4 nitrogen and oxygen atoms in total. The average Bonchev–Trinajstić information content (AvgIpc) is 2.70. The van der Waals surface area contributed by atoms with Gasteiger partial charge in [-0.25, -0.2) is 4.79 Å². The first-order valence-corrected chi connectivity index (χ1v) is 9.38. The maximum absolute atomic E-state index is 12.4. The molecule has 0 bridgehead atoms.